The van der Waals surface area contributed by atoms with Gasteiger partial charge in [-0.15, -0.1) is 0 Å². The molecule has 114 valence electrons. The number of sulfonamides is 1. The van der Waals surface area contributed by atoms with Crippen LogP contribution in [0.25, 0.3) is 0 Å². The molecule has 20 heavy (non-hydrogen) atoms. The van der Waals surface area contributed by atoms with Gasteiger partial charge in [-0.2, -0.15) is 4.31 Å². The molecule has 1 aromatic carbocycles. The molecule has 0 fully saturated rings. The van der Waals surface area contributed by atoms with Crippen molar-refractivity contribution in [1.82, 2.24) is 4.31 Å². The molecule has 0 bridgehead atoms. The van der Waals surface area contributed by atoms with E-state index in [2.05, 4.69) is 54.7 Å². The van der Waals surface area contributed by atoms with Gasteiger partial charge in [0.05, 0.1) is 4.90 Å². The van der Waals surface area contributed by atoms with Gasteiger partial charge in [-0.1, -0.05) is 45.2 Å². The summed E-state index contributed by atoms with van der Waals surface area (Å²) in [6.07, 6.45) is 1.82. The molecular formula is C13H18Br3NO2S. The highest BCUT2D eigenvalue weighted by atomic mass is 79.9. The number of aryl methyl sites for hydroxylation is 1. The van der Waals surface area contributed by atoms with Crippen LogP contribution in [0, 0.1) is 6.92 Å². The van der Waals surface area contributed by atoms with Gasteiger partial charge in [0.15, 0.2) is 0 Å². The average molecular weight is 492 g/mol. The van der Waals surface area contributed by atoms with E-state index in [-0.39, 0.29) is 0 Å². The zero-order chi connectivity index (χ0) is 15.3. The molecule has 7 heteroatoms. The molecule has 1 rings (SSSR count). The summed E-state index contributed by atoms with van der Waals surface area (Å²) in [5, 5.41) is 0.626. The first kappa shape index (κ1) is 18.6. The fourth-order valence-corrected chi connectivity index (χ4v) is 5.53. The quantitative estimate of drug-likeness (QED) is 0.518. The third-order valence-electron chi connectivity index (χ3n) is 2.93. The van der Waals surface area contributed by atoms with Gasteiger partial charge in [-0.25, -0.2) is 8.42 Å². The summed E-state index contributed by atoms with van der Waals surface area (Å²) in [7, 11) is -3.48. The van der Waals surface area contributed by atoms with Crippen LogP contribution in [0.2, 0.25) is 0 Å². The Bertz CT molecular complexity index is 561. The third kappa shape index (κ3) is 4.53. The number of rotatable bonds is 7. The van der Waals surface area contributed by atoms with Crippen LogP contribution in [0.1, 0.15) is 25.3 Å². The first-order valence-electron chi connectivity index (χ1n) is 6.36. The van der Waals surface area contributed by atoms with Gasteiger partial charge in [-0.3, -0.25) is 0 Å². The fourth-order valence-electron chi connectivity index (χ4n) is 1.75. The molecular weight excluding hydrogens is 474 g/mol. The summed E-state index contributed by atoms with van der Waals surface area (Å²) < 4.78 is 28.5. The Morgan fingerprint density at radius 2 is 1.80 bits per heavy atom. The second kappa shape index (κ2) is 8.27. The highest BCUT2D eigenvalue weighted by Gasteiger charge is 2.26. The Morgan fingerprint density at radius 3 is 2.35 bits per heavy atom. The van der Waals surface area contributed by atoms with Gasteiger partial charge in [0.2, 0.25) is 10.0 Å². The molecule has 0 aromatic heterocycles. The minimum atomic E-state index is -3.48. The Balaban J connectivity index is 3.22. The topological polar surface area (TPSA) is 37.4 Å². The summed E-state index contributed by atoms with van der Waals surface area (Å²) in [5.74, 6) is 0. The molecule has 0 heterocycles. The molecule has 0 saturated heterocycles. The summed E-state index contributed by atoms with van der Waals surface area (Å²) >= 11 is 10.1. The molecule has 0 amide bonds. The van der Waals surface area contributed by atoms with Crippen molar-refractivity contribution < 1.29 is 8.42 Å². The van der Waals surface area contributed by atoms with E-state index < -0.39 is 10.0 Å². The maximum atomic E-state index is 12.8. The predicted molar refractivity (Wildman–Crippen MR) is 94.0 cm³/mol. The van der Waals surface area contributed by atoms with Crippen molar-refractivity contribution in [2.45, 2.75) is 31.6 Å². The molecule has 0 radical (unpaired) electrons. The van der Waals surface area contributed by atoms with Gasteiger partial charge in [0, 0.05) is 27.4 Å². The lowest BCUT2D eigenvalue weighted by Gasteiger charge is -2.22. The van der Waals surface area contributed by atoms with Crippen molar-refractivity contribution in [2.75, 3.05) is 18.4 Å². The lowest BCUT2D eigenvalue weighted by molar-refractivity contribution is 0.421. The van der Waals surface area contributed by atoms with E-state index in [0.717, 1.165) is 22.9 Å². The lowest BCUT2D eigenvalue weighted by atomic mass is 10.2. The van der Waals surface area contributed by atoms with Gasteiger partial charge >= 0.3 is 0 Å². The van der Waals surface area contributed by atoms with Crippen molar-refractivity contribution in [3.63, 3.8) is 0 Å². The SMILES string of the molecule is CCCCN(CCBr)S(=O)(=O)c1cc(Br)c(C)cc1Br. The molecule has 0 atom stereocenters. The van der Waals surface area contributed by atoms with Crippen LogP contribution < -0.4 is 0 Å². The largest absolute Gasteiger partial charge is 0.244 e. The minimum absolute atomic E-state index is 0.312. The van der Waals surface area contributed by atoms with Crippen LogP contribution in [0.4, 0.5) is 0 Å². The minimum Gasteiger partial charge on any atom is -0.207 e. The maximum absolute atomic E-state index is 12.8. The third-order valence-corrected chi connectivity index (χ3v) is 6.99. The smallest absolute Gasteiger partial charge is 0.207 e. The van der Waals surface area contributed by atoms with Gasteiger partial charge in [-0.05, 0) is 47.0 Å². The van der Waals surface area contributed by atoms with Crippen molar-refractivity contribution in [3.05, 3.63) is 26.6 Å². The van der Waals surface area contributed by atoms with Crippen LogP contribution in [-0.2, 0) is 10.0 Å². The van der Waals surface area contributed by atoms with E-state index in [1.54, 1.807) is 6.07 Å². The monoisotopic (exact) mass is 489 g/mol. The first-order valence-corrected chi connectivity index (χ1v) is 10.5. The average Bonchev–Trinajstić information content (AvgIpc) is 2.38. The number of nitrogens with zero attached hydrogens (tertiary/aromatic N) is 1. The van der Waals surface area contributed by atoms with Crippen LogP contribution in [-0.4, -0.2) is 31.1 Å². The number of hydrogen-bond donors (Lipinski definition) is 0. The van der Waals surface area contributed by atoms with Crippen molar-refractivity contribution >= 4 is 57.8 Å². The zero-order valence-electron chi connectivity index (χ0n) is 11.5. The number of benzene rings is 1. The van der Waals surface area contributed by atoms with Crippen LogP contribution in [0.5, 0.6) is 0 Å². The number of hydrogen-bond acceptors (Lipinski definition) is 2. The summed E-state index contributed by atoms with van der Waals surface area (Å²) in [6.45, 7) is 5.00. The van der Waals surface area contributed by atoms with Crippen LogP contribution in [0.3, 0.4) is 0 Å². The molecule has 0 spiro atoms. The van der Waals surface area contributed by atoms with Crippen molar-refractivity contribution in [3.8, 4) is 0 Å². The highest BCUT2D eigenvalue weighted by molar-refractivity contribution is 9.11. The van der Waals surface area contributed by atoms with E-state index in [9.17, 15) is 8.42 Å². The van der Waals surface area contributed by atoms with Crippen molar-refractivity contribution in [2.24, 2.45) is 0 Å². The Kier molecular flexibility index (Phi) is 7.70. The normalized spacial score (nSPS) is 12.1. The Labute approximate surface area is 146 Å². The molecule has 0 aliphatic carbocycles. The molecule has 0 saturated carbocycles. The Morgan fingerprint density at radius 1 is 1.15 bits per heavy atom. The standard InChI is InChI=1S/C13H18Br3NO2S/c1-3-4-6-17(7-5-14)20(18,19)13-9-11(15)10(2)8-12(13)16/h8-9H,3-7H2,1-2H3. The van der Waals surface area contributed by atoms with Crippen LogP contribution in [0.15, 0.2) is 26.0 Å². The summed E-state index contributed by atoms with van der Waals surface area (Å²) in [5.41, 5.74) is 0.997. The fraction of sp³-hybridized carbons (Fsp3) is 0.538. The predicted octanol–water partition coefficient (Wildman–Crippen LogP) is 4.71. The zero-order valence-corrected chi connectivity index (χ0v) is 17.1. The molecule has 1 aromatic rings. The molecule has 3 nitrogen and oxygen atoms in total. The first-order chi connectivity index (χ1) is 9.34. The van der Waals surface area contributed by atoms with Gasteiger partial charge in [0.25, 0.3) is 0 Å². The molecule has 0 aliphatic heterocycles. The second-order valence-electron chi connectivity index (χ2n) is 4.48. The van der Waals surface area contributed by atoms with E-state index in [1.165, 1.54) is 4.31 Å². The summed E-state index contributed by atoms with van der Waals surface area (Å²) in [6, 6.07) is 3.49. The number of alkyl halides is 1. The molecule has 0 aliphatic rings. The molecule has 0 unspecified atom stereocenters. The highest BCUT2D eigenvalue weighted by Crippen LogP contribution is 2.31. The number of halogens is 3. The van der Waals surface area contributed by atoms with E-state index in [1.807, 2.05) is 13.0 Å². The second-order valence-corrected chi connectivity index (χ2v) is 8.89. The Hall–Kier alpha value is 0.570. The maximum Gasteiger partial charge on any atom is 0.244 e. The van der Waals surface area contributed by atoms with E-state index in [4.69, 9.17) is 0 Å². The van der Waals surface area contributed by atoms with E-state index in [0.29, 0.717) is 27.8 Å². The van der Waals surface area contributed by atoms with Gasteiger partial charge < -0.3 is 0 Å². The van der Waals surface area contributed by atoms with E-state index >= 15 is 0 Å². The van der Waals surface area contributed by atoms with Crippen LogP contribution >= 0.6 is 47.8 Å². The number of unbranched alkanes of at least 4 members (excludes halogenated alkanes) is 1. The molecule has 0 N–H and O–H groups in total. The van der Waals surface area contributed by atoms with Crippen molar-refractivity contribution in [1.29, 1.82) is 0 Å². The summed E-state index contributed by atoms with van der Waals surface area (Å²) in [4.78, 5) is 0.312. The lowest BCUT2D eigenvalue weighted by Crippen LogP contribution is -2.34. The van der Waals surface area contributed by atoms with Gasteiger partial charge in [0.1, 0.15) is 0 Å².